The first kappa shape index (κ1) is 11.8. The standard InChI is InChI=1S/C12H16ClNO2/c13-11-3-1-2-10(8-11)12(15)9-14-4-6-16-7-5-14/h1,3,8,10H,2,4-7,9H2. The summed E-state index contributed by atoms with van der Waals surface area (Å²) in [7, 11) is 0. The summed E-state index contributed by atoms with van der Waals surface area (Å²) >= 11 is 5.89. The highest BCUT2D eigenvalue weighted by Crippen LogP contribution is 2.20. The summed E-state index contributed by atoms with van der Waals surface area (Å²) in [5, 5.41) is 0.673. The highest BCUT2D eigenvalue weighted by Gasteiger charge is 2.21. The molecule has 1 heterocycles. The van der Waals surface area contributed by atoms with Crippen molar-refractivity contribution in [1.29, 1.82) is 0 Å². The average Bonchev–Trinajstić information content (AvgIpc) is 2.30. The van der Waals surface area contributed by atoms with Crippen LogP contribution in [0.3, 0.4) is 0 Å². The van der Waals surface area contributed by atoms with Gasteiger partial charge in [0.05, 0.1) is 19.8 Å². The van der Waals surface area contributed by atoms with Crippen LogP contribution in [0.1, 0.15) is 6.42 Å². The summed E-state index contributed by atoms with van der Waals surface area (Å²) in [5.74, 6) is 0.213. The molecular weight excluding hydrogens is 226 g/mol. The molecule has 0 amide bonds. The second-order valence-electron chi connectivity index (χ2n) is 4.15. The molecule has 0 aromatic rings. The minimum Gasteiger partial charge on any atom is -0.379 e. The number of Topliss-reactive ketones (excluding diaryl/α,β-unsaturated/α-hetero) is 1. The van der Waals surface area contributed by atoms with Crippen LogP contribution >= 0.6 is 11.6 Å². The maximum atomic E-state index is 12.0. The van der Waals surface area contributed by atoms with Crippen molar-refractivity contribution in [2.45, 2.75) is 6.42 Å². The van der Waals surface area contributed by atoms with E-state index < -0.39 is 0 Å². The number of rotatable bonds is 3. The molecule has 1 unspecified atom stereocenters. The van der Waals surface area contributed by atoms with Gasteiger partial charge in [0.1, 0.15) is 0 Å². The predicted molar refractivity (Wildman–Crippen MR) is 63.4 cm³/mol. The lowest BCUT2D eigenvalue weighted by Gasteiger charge is -2.27. The Morgan fingerprint density at radius 2 is 2.25 bits per heavy atom. The van der Waals surface area contributed by atoms with Gasteiger partial charge in [-0.3, -0.25) is 9.69 Å². The topological polar surface area (TPSA) is 29.5 Å². The first-order chi connectivity index (χ1) is 7.75. The lowest BCUT2D eigenvalue weighted by Crippen LogP contribution is -2.41. The van der Waals surface area contributed by atoms with Crippen LogP contribution in [-0.4, -0.2) is 43.5 Å². The molecule has 4 heteroatoms. The third-order valence-corrected chi connectivity index (χ3v) is 3.18. The van der Waals surface area contributed by atoms with Crippen LogP contribution in [0.2, 0.25) is 0 Å². The fourth-order valence-electron chi connectivity index (χ4n) is 1.96. The van der Waals surface area contributed by atoms with Gasteiger partial charge in [-0.05, 0) is 12.5 Å². The summed E-state index contributed by atoms with van der Waals surface area (Å²) in [6.45, 7) is 3.68. The molecule has 0 aromatic heterocycles. The van der Waals surface area contributed by atoms with Gasteiger partial charge in [0.15, 0.2) is 5.78 Å². The molecule has 88 valence electrons. The van der Waals surface area contributed by atoms with E-state index in [1.165, 1.54) is 0 Å². The molecule has 1 fully saturated rings. The first-order valence-electron chi connectivity index (χ1n) is 5.62. The fraction of sp³-hybridized carbons (Fsp3) is 0.583. The number of hydrogen-bond acceptors (Lipinski definition) is 3. The molecule has 16 heavy (non-hydrogen) atoms. The molecule has 2 rings (SSSR count). The average molecular weight is 242 g/mol. The Bertz CT molecular complexity index is 319. The van der Waals surface area contributed by atoms with E-state index in [0.29, 0.717) is 11.6 Å². The maximum absolute atomic E-state index is 12.0. The van der Waals surface area contributed by atoms with Gasteiger partial charge in [0.25, 0.3) is 0 Å². The quantitative estimate of drug-likeness (QED) is 0.752. The van der Waals surface area contributed by atoms with Gasteiger partial charge in [-0.1, -0.05) is 23.8 Å². The molecule has 1 aliphatic carbocycles. The third-order valence-electron chi connectivity index (χ3n) is 2.92. The fourth-order valence-corrected chi connectivity index (χ4v) is 2.21. The van der Waals surface area contributed by atoms with Crippen LogP contribution in [0.25, 0.3) is 0 Å². The molecular formula is C12H16ClNO2. The van der Waals surface area contributed by atoms with E-state index in [1.54, 1.807) is 0 Å². The number of carbonyl (C=O) groups is 1. The number of nitrogens with zero attached hydrogens (tertiary/aromatic N) is 1. The molecule has 0 N–H and O–H groups in total. The van der Waals surface area contributed by atoms with Crippen molar-refractivity contribution >= 4 is 17.4 Å². The van der Waals surface area contributed by atoms with Crippen molar-refractivity contribution in [2.24, 2.45) is 5.92 Å². The van der Waals surface area contributed by atoms with Crippen LogP contribution in [0.4, 0.5) is 0 Å². The Balaban J connectivity index is 1.85. The van der Waals surface area contributed by atoms with E-state index in [0.717, 1.165) is 32.7 Å². The van der Waals surface area contributed by atoms with Gasteiger partial charge in [0, 0.05) is 24.0 Å². The summed E-state index contributed by atoms with van der Waals surface area (Å²) in [5.41, 5.74) is 0. The molecule has 0 aromatic carbocycles. The summed E-state index contributed by atoms with van der Waals surface area (Å²) < 4.78 is 5.25. The van der Waals surface area contributed by atoms with Gasteiger partial charge in [0.2, 0.25) is 0 Å². The Morgan fingerprint density at radius 1 is 1.50 bits per heavy atom. The van der Waals surface area contributed by atoms with Crippen molar-refractivity contribution in [3.05, 3.63) is 23.3 Å². The largest absolute Gasteiger partial charge is 0.379 e. The lowest BCUT2D eigenvalue weighted by molar-refractivity contribution is -0.123. The van der Waals surface area contributed by atoms with Crippen LogP contribution in [0.15, 0.2) is 23.3 Å². The Labute approximate surface area is 101 Å². The third kappa shape index (κ3) is 3.17. The highest BCUT2D eigenvalue weighted by atomic mass is 35.5. The normalized spacial score (nSPS) is 26.6. The van der Waals surface area contributed by atoms with Gasteiger partial charge in [-0.2, -0.15) is 0 Å². The predicted octanol–water partition coefficient (Wildman–Crippen LogP) is 1.59. The van der Waals surface area contributed by atoms with E-state index >= 15 is 0 Å². The smallest absolute Gasteiger partial charge is 0.154 e. The summed E-state index contributed by atoms with van der Waals surface area (Å²) in [6.07, 6.45) is 6.44. The molecule has 0 spiro atoms. The Hall–Kier alpha value is -0.640. The summed E-state index contributed by atoms with van der Waals surface area (Å²) in [4.78, 5) is 14.1. The SMILES string of the molecule is O=C(CN1CCOCC1)C1C=C(Cl)C=CC1. The zero-order valence-corrected chi connectivity index (χ0v) is 9.95. The van der Waals surface area contributed by atoms with E-state index in [4.69, 9.17) is 16.3 Å². The first-order valence-corrected chi connectivity index (χ1v) is 6.00. The van der Waals surface area contributed by atoms with Crippen LogP contribution in [0, 0.1) is 5.92 Å². The molecule has 0 saturated carbocycles. The van der Waals surface area contributed by atoms with Crippen LogP contribution in [0.5, 0.6) is 0 Å². The molecule has 0 radical (unpaired) electrons. The number of morpholine rings is 1. The van der Waals surface area contributed by atoms with Gasteiger partial charge < -0.3 is 4.74 Å². The molecule has 1 atom stereocenters. The highest BCUT2D eigenvalue weighted by molar-refractivity contribution is 6.31. The zero-order valence-electron chi connectivity index (χ0n) is 9.19. The number of halogens is 1. The van der Waals surface area contributed by atoms with Crippen molar-refractivity contribution in [2.75, 3.05) is 32.8 Å². The molecule has 0 bridgehead atoms. The van der Waals surface area contributed by atoms with Crippen molar-refractivity contribution in [1.82, 2.24) is 4.90 Å². The van der Waals surface area contributed by atoms with Crippen LogP contribution < -0.4 is 0 Å². The van der Waals surface area contributed by atoms with E-state index in [2.05, 4.69) is 4.90 Å². The van der Waals surface area contributed by atoms with Crippen molar-refractivity contribution in [3.8, 4) is 0 Å². The van der Waals surface area contributed by atoms with Crippen molar-refractivity contribution < 1.29 is 9.53 Å². The number of ether oxygens (including phenoxy) is 1. The van der Waals surface area contributed by atoms with Crippen LogP contribution in [-0.2, 0) is 9.53 Å². The molecule has 1 aliphatic heterocycles. The monoisotopic (exact) mass is 241 g/mol. The maximum Gasteiger partial charge on any atom is 0.154 e. The summed E-state index contributed by atoms with van der Waals surface area (Å²) in [6, 6.07) is 0. The number of ketones is 1. The number of allylic oxidation sites excluding steroid dienone is 4. The molecule has 1 saturated heterocycles. The minimum atomic E-state index is -0.0413. The van der Waals surface area contributed by atoms with E-state index in [9.17, 15) is 4.79 Å². The van der Waals surface area contributed by atoms with Crippen molar-refractivity contribution in [3.63, 3.8) is 0 Å². The number of carbonyl (C=O) groups excluding carboxylic acids is 1. The molecule has 3 nitrogen and oxygen atoms in total. The van der Waals surface area contributed by atoms with E-state index in [-0.39, 0.29) is 11.7 Å². The zero-order chi connectivity index (χ0) is 11.4. The number of hydrogen-bond donors (Lipinski definition) is 0. The van der Waals surface area contributed by atoms with Gasteiger partial charge >= 0.3 is 0 Å². The second-order valence-corrected chi connectivity index (χ2v) is 4.59. The lowest BCUT2D eigenvalue weighted by atomic mass is 9.95. The van der Waals surface area contributed by atoms with E-state index in [1.807, 2.05) is 18.2 Å². The minimum absolute atomic E-state index is 0.0413. The van der Waals surface area contributed by atoms with Gasteiger partial charge in [-0.15, -0.1) is 0 Å². The van der Waals surface area contributed by atoms with Gasteiger partial charge in [-0.25, -0.2) is 0 Å². The second kappa shape index (κ2) is 5.62. The Kier molecular flexibility index (Phi) is 4.16. The molecule has 2 aliphatic rings. The Morgan fingerprint density at radius 3 is 2.94 bits per heavy atom.